The van der Waals surface area contributed by atoms with E-state index in [1.165, 1.54) is 7.11 Å². The van der Waals surface area contributed by atoms with Crippen LogP contribution in [0.1, 0.15) is 35.9 Å². The van der Waals surface area contributed by atoms with Gasteiger partial charge in [0.15, 0.2) is 0 Å². The lowest BCUT2D eigenvalue weighted by Gasteiger charge is -2.13. The molecule has 7 nitrogen and oxygen atoms in total. The van der Waals surface area contributed by atoms with Crippen molar-refractivity contribution in [2.24, 2.45) is 7.05 Å². The molecule has 8 heteroatoms. The molecule has 2 N–H and O–H groups in total. The molecule has 0 saturated heterocycles. The number of aliphatic hydroxyl groups is 1. The van der Waals surface area contributed by atoms with Crippen molar-refractivity contribution >= 4 is 16.0 Å². The minimum Gasteiger partial charge on any atom is -0.469 e. The summed E-state index contributed by atoms with van der Waals surface area (Å²) < 4.78 is 33.6. The zero-order valence-electron chi connectivity index (χ0n) is 15.8. The minimum absolute atomic E-state index is 0.133. The number of aryl methyl sites for hydroxylation is 1. The van der Waals surface area contributed by atoms with Crippen molar-refractivity contribution < 1.29 is 23.1 Å². The van der Waals surface area contributed by atoms with Gasteiger partial charge in [0.2, 0.25) is 10.0 Å². The van der Waals surface area contributed by atoms with Crippen molar-refractivity contribution in [1.82, 2.24) is 9.29 Å². The molecule has 2 rings (SSSR count). The number of carbonyl (C=O) groups is 1. The molecule has 0 bridgehead atoms. The van der Waals surface area contributed by atoms with Crippen LogP contribution in [0.5, 0.6) is 0 Å². The highest BCUT2D eigenvalue weighted by Gasteiger charge is 2.17. The second-order valence-electron chi connectivity index (χ2n) is 6.40. The van der Waals surface area contributed by atoms with Crippen molar-refractivity contribution in [3.05, 3.63) is 53.3 Å². The summed E-state index contributed by atoms with van der Waals surface area (Å²) in [6, 6.07) is 10.3. The summed E-state index contributed by atoms with van der Waals surface area (Å²) in [5.41, 5.74) is 2.56. The number of esters is 1. The number of hydrogen-bond acceptors (Lipinski definition) is 5. The van der Waals surface area contributed by atoms with E-state index in [1.807, 2.05) is 17.6 Å². The summed E-state index contributed by atoms with van der Waals surface area (Å²) >= 11 is 0. The minimum atomic E-state index is -3.55. The van der Waals surface area contributed by atoms with Crippen LogP contribution < -0.4 is 4.72 Å². The standard InChI is InChI=1S/C19H26N2O5S/c1-14-4-7-16(8-5-14)27(24,25)20-13-12-15-6-9-17(21(15)2)18(22)10-11-19(23)26-3/h4-9,18,20,22H,10-13H2,1-3H3. The number of rotatable bonds is 9. The van der Waals surface area contributed by atoms with E-state index in [4.69, 9.17) is 0 Å². The van der Waals surface area contributed by atoms with Crippen LogP contribution in [-0.4, -0.2) is 37.7 Å². The summed E-state index contributed by atoms with van der Waals surface area (Å²) in [5, 5.41) is 10.2. The molecule has 148 valence electrons. The monoisotopic (exact) mass is 394 g/mol. The zero-order chi connectivity index (χ0) is 20.0. The summed E-state index contributed by atoms with van der Waals surface area (Å²) in [6.45, 7) is 2.14. The number of aliphatic hydroxyl groups excluding tert-OH is 1. The quantitative estimate of drug-likeness (QED) is 0.633. The lowest BCUT2D eigenvalue weighted by Crippen LogP contribution is -2.26. The van der Waals surface area contributed by atoms with Crippen LogP contribution in [0.25, 0.3) is 0 Å². The van der Waals surface area contributed by atoms with E-state index < -0.39 is 16.1 Å². The Kier molecular flexibility index (Phi) is 7.18. The number of carbonyl (C=O) groups excluding carboxylic acids is 1. The predicted octanol–water partition coefficient (Wildman–Crippen LogP) is 1.84. The third-order valence-electron chi connectivity index (χ3n) is 4.46. The van der Waals surface area contributed by atoms with Crippen LogP contribution in [0.2, 0.25) is 0 Å². The van der Waals surface area contributed by atoms with E-state index in [-0.39, 0.29) is 30.3 Å². The lowest BCUT2D eigenvalue weighted by molar-refractivity contribution is -0.141. The molecule has 0 spiro atoms. The predicted molar refractivity (Wildman–Crippen MR) is 102 cm³/mol. The lowest BCUT2D eigenvalue weighted by atomic mass is 10.1. The number of nitrogens with zero attached hydrogens (tertiary/aromatic N) is 1. The van der Waals surface area contributed by atoms with Gasteiger partial charge >= 0.3 is 5.97 Å². The maximum atomic E-state index is 12.3. The summed E-state index contributed by atoms with van der Waals surface area (Å²) in [5.74, 6) is -0.367. The van der Waals surface area contributed by atoms with E-state index in [2.05, 4.69) is 9.46 Å². The fourth-order valence-electron chi connectivity index (χ4n) is 2.78. The molecule has 0 amide bonds. The topological polar surface area (TPSA) is 97.6 Å². The highest BCUT2D eigenvalue weighted by Crippen LogP contribution is 2.21. The fourth-order valence-corrected chi connectivity index (χ4v) is 3.81. The SMILES string of the molecule is COC(=O)CCC(O)c1ccc(CCNS(=O)(=O)c2ccc(C)cc2)n1C. The summed E-state index contributed by atoms with van der Waals surface area (Å²) in [4.78, 5) is 11.4. The second kappa shape index (κ2) is 9.16. The molecule has 27 heavy (non-hydrogen) atoms. The molecule has 0 saturated carbocycles. The van der Waals surface area contributed by atoms with Gasteiger partial charge in [-0.2, -0.15) is 0 Å². The van der Waals surface area contributed by atoms with Crippen molar-refractivity contribution in [2.75, 3.05) is 13.7 Å². The molecule has 2 aromatic rings. The highest BCUT2D eigenvalue weighted by molar-refractivity contribution is 7.89. The molecule has 0 aliphatic rings. The van der Waals surface area contributed by atoms with Crippen LogP contribution in [0, 0.1) is 6.92 Å². The van der Waals surface area contributed by atoms with Crippen LogP contribution in [0.15, 0.2) is 41.3 Å². The number of sulfonamides is 1. The number of ether oxygens (including phenoxy) is 1. The number of aromatic nitrogens is 1. The van der Waals surface area contributed by atoms with Gasteiger partial charge in [0, 0.05) is 37.8 Å². The molecule has 0 radical (unpaired) electrons. The number of nitrogens with one attached hydrogen (secondary N) is 1. The van der Waals surface area contributed by atoms with Gasteiger partial charge in [0.25, 0.3) is 0 Å². The molecular formula is C19H26N2O5S. The molecule has 1 aromatic heterocycles. The Hall–Kier alpha value is -2.16. The number of hydrogen-bond donors (Lipinski definition) is 2. The van der Waals surface area contributed by atoms with Gasteiger partial charge in [-0.05, 0) is 37.6 Å². The average Bonchev–Trinajstić information content (AvgIpc) is 3.00. The van der Waals surface area contributed by atoms with Gasteiger partial charge in [-0.1, -0.05) is 17.7 Å². The Morgan fingerprint density at radius 3 is 2.52 bits per heavy atom. The molecule has 1 aromatic carbocycles. The molecule has 0 aliphatic heterocycles. The normalized spacial score (nSPS) is 12.7. The van der Waals surface area contributed by atoms with Crippen molar-refractivity contribution in [1.29, 1.82) is 0 Å². The summed E-state index contributed by atoms with van der Waals surface area (Å²) in [6.07, 6.45) is 0.0937. The first-order chi connectivity index (χ1) is 12.7. The highest BCUT2D eigenvalue weighted by atomic mass is 32.2. The Morgan fingerprint density at radius 2 is 1.89 bits per heavy atom. The van der Waals surface area contributed by atoms with Crippen LogP contribution in [-0.2, 0) is 33.0 Å². The molecule has 1 atom stereocenters. The first kappa shape index (κ1) is 21.1. The van der Waals surface area contributed by atoms with Gasteiger partial charge in [-0.3, -0.25) is 4.79 Å². The molecule has 0 fully saturated rings. The van der Waals surface area contributed by atoms with Crippen LogP contribution in [0.4, 0.5) is 0 Å². The van der Waals surface area contributed by atoms with Crippen molar-refractivity contribution in [3.63, 3.8) is 0 Å². The zero-order valence-corrected chi connectivity index (χ0v) is 16.6. The van der Waals surface area contributed by atoms with E-state index >= 15 is 0 Å². The Bertz CT molecular complexity index is 872. The van der Waals surface area contributed by atoms with E-state index in [1.54, 1.807) is 37.4 Å². The largest absolute Gasteiger partial charge is 0.469 e. The van der Waals surface area contributed by atoms with Gasteiger partial charge in [0.05, 0.1) is 18.1 Å². The van der Waals surface area contributed by atoms with Gasteiger partial charge in [-0.15, -0.1) is 0 Å². The van der Waals surface area contributed by atoms with E-state index in [0.29, 0.717) is 12.1 Å². The third kappa shape index (κ3) is 5.66. The van der Waals surface area contributed by atoms with Crippen LogP contribution in [0.3, 0.4) is 0 Å². The Morgan fingerprint density at radius 1 is 1.22 bits per heavy atom. The van der Waals surface area contributed by atoms with E-state index in [9.17, 15) is 18.3 Å². The maximum Gasteiger partial charge on any atom is 0.305 e. The smallest absolute Gasteiger partial charge is 0.305 e. The second-order valence-corrected chi connectivity index (χ2v) is 8.17. The fraction of sp³-hybridized carbons (Fsp3) is 0.421. The summed E-state index contributed by atoms with van der Waals surface area (Å²) in [7, 11) is -0.432. The van der Waals surface area contributed by atoms with Gasteiger partial charge < -0.3 is 14.4 Å². The Balaban J connectivity index is 1.94. The maximum absolute atomic E-state index is 12.3. The third-order valence-corrected chi connectivity index (χ3v) is 5.94. The van der Waals surface area contributed by atoms with E-state index in [0.717, 1.165) is 11.3 Å². The van der Waals surface area contributed by atoms with Gasteiger partial charge in [0.1, 0.15) is 0 Å². The number of benzene rings is 1. The van der Waals surface area contributed by atoms with Crippen molar-refractivity contribution in [2.45, 2.75) is 37.2 Å². The Labute approximate surface area is 160 Å². The number of methoxy groups -OCH3 is 1. The first-order valence-electron chi connectivity index (χ1n) is 8.70. The first-order valence-corrected chi connectivity index (χ1v) is 10.2. The van der Waals surface area contributed by atoms with Crippen molar-refractivity contribution in [3.8, 4) is 0 Å². The molecule has 0 aliphatic carbocycles. The molecule has 1 heterocycles. The van der Waals surface area contributed by atoms with Gasteiger partial charge in [-0.25, -0.2) is 13.1 Å². The molecule has 1 unspecified atom stereocenters. The van der Waals surface area contributed by atoms with Crippen LogP contribution >= 0.6 is 0 Å². The average molecular weight is 394 g/mol. The molecular weight excluding hydrogens is 368 g/mol.